The molecule has 0 amide bonds. The third kappa shape index (κ3) is 2.82. The Kier molecular flexibility index (Phi) is 4.31. The predicted octanol–water partition coefficient (Wildman–Crippen LogP) is 7.86. The van der Waals surface area contributed by atoms with Crippen molar-refractivity contribution in [1.29, 1.82) is 10.5 Å². The van der Waals surface area contributed by atoms with Crippen molar-refractivity contribution in [2.45, 2.75) is 26.2 Å². The maximum Gasteiger partial charge on any atom is 0.146 e. The molecule has 0 aliphatic heterocycles. The molecule has 0 saturated carbocycles. The Balaban J connectivity index is 1.84. The molecule has 6 aromatic rings. The van der Waals surface area contributed by atoms with Gasteiger partial charge in [-0.15, -0.1) is 0 Å². The van der Waals surface area contributed by atoms with Gasteiger partial charge in [0.1, 0.15) is 34.7 Å². The van der Waals surface area contributed by atoms with Crippen LogP contribution in [0.5, 0.6) is 0 Å². The molecule has 0 N–H and O–H groups in total. The molecular formula is C30H20FN3O. The van der Waals surface area contributed by atoms with E-state index in [-0.39, 0.29) is 16.8 Å². The van der Waals surface area contributed by atoms with Gasteiger partial charge < -0.3 is 8.98 Å². The Morgan fingerprint density at radius 2 is 1.54 bits per heavy atom. The van der Waals surface area contributed by atoms with Gasteiger partial charge in [-0.3, -0.25) is 0 Å². The average Bonchev–Trinajstić information content (AvgIpc) is 3.38. The fraction of sp³-hybridized carbons (Fsp3) is 0.133. The number of nitriles is 2. The number of hydrogen-bond donors (Lipinski definition) is 0. The van der Waals surface area contributed by atoms with Crippen molar-refractivity contribution < 1.29 is 8.81 Å². The molecule has 6 rings (SSSR count). The average molecular weight is 458 g/mol. The summed E-state index contributed by atoms with van der Waals surface area (Å²) < 4.78 is 23.9. The number of para-hydroxylation sites is 2. The van der Waals surface area contributed by atoms with Gasteiger partial charge >= 0.3 is 0 Å². The molecule has 0 spiro atoms. The topological polar surface area (TPSA) is 65.7 Å². The molecule has 0 aliphatic rings. The maximum atomic E-state index is 15.8. The lowest BCUT2D eigenvalue weighted by Crippen LogP contribution is -2.17. The minimum Gasteiger partial charge on any atom is -0.455 e. The summed E-state index contributed by atoms with van der Waals surface area (Å²) >= 11 is 0. The van der Waals surface area contributed by atoms with Gasteiger partial charge in [-0.2, -0.15) is 10.5 Å². The van der Waals surface area contributed by atoms with Crippen molar-refractivity contribution >= 4 is 43.7 Å². The Bertz CT molecular complexity index is 1920. The first-order valence-corrected chi connectivity index (χ1v) is 11.4. The summed E-state index contributed by atoms with van der Waals surface area (Å²) in [6.07, 6.45) is 0. The van der Waals surface area contributed by atoms with E-state index in [1.807, 2.05) is 86.0 Å². The summed E-state index contributed by atoms with van der Waals surface area (Å²) in [5.41, 5.74) is 3.16. The third-order valence-electron chi connectivity index (χ3n) is 6.68. The zero-order chi connectivity index (χ0) is 24.5. The minimum atomic E-state index is -0.593. The highest BCUT2D eigenvalue weighted by Gasteiger charge is 2.28. The predicted molar refractivity (Wildman–Crippen MR) is 136 cm³/mol. The molecule has 0 fully saturated rings. The van der Waals surface area contributed by atoms with Crippen LogP contribution in [-0.2, 0) is 5.41 Å². The molecule has 4 nitrogen and oxygen atoms in total. The van der Waals surface area contributed by atoms with Crippen molar-refractivity contribution in [3.05, 3.63) is 89.2 Å². The van der Waals surface area contributed by atoms with Crippen LogP contribution in [0.15, 0.2) is 71.1 Å². The Morgan fingerprint density at radius 3 is 2.26 bits per heavy atom. The molecule has 2 aromatic heterocycles. The second-order valence-electron chi connectivity index (χ2n) is 9.77. The van der Waals surface area contributed by atoms with E-state index in [4.69, 9.17) is 4.42 Å². The number of fused-ring (bicyclic) bond motifs is 7. The molecule has 168 valence electrons. The second kappa shape index (κ2) is 7.19. The molecule has 0 aliphatic carbocycles. The van der Waals surface area contributed by atoms with Gasteiger partial charge in [0.25, 0.3) is 0 Å². The van der Waals surface area contributed by atoms with Crippen LogP contribution in [0.3, 0.4) is 0 Å². The summed E-state index contributed by atoms with van der Waals surface area (Å²) in [6.45, 7) is 5.60. The zero-order valence-corrected chi connectivity index (χ0v) is 19.5. The van der Waals surface area contributed by atoms with Crippen molar-refractivity contribution in [3.8, 4) is 17.8 Å². The van der Waals surface area contributed by atoms with E-state index in [0.29, 0.717) is 5.56 Å². The Labute approximate surface area is 201 Å². The first-order chi connectivity index (χ1) is 16.8. The van der Waals surface area contributed by atoms with Crippen LogP contribution >= 0.6 is 0 Å². The highest BCUT2D eigenvalue weighted by molar-refractivity contribution is 6.23. The monoisotopic (exact) mass is 457 g/mol. The molecular weight excluding hydrogens is 437 g/mol. The number of hydrogen-bond acceptors (Lipinski definition) is 3. The van der Waals surface area contributed by atoms with Gasteiger partial charge in [0, 0.05) is 16.2 Å². The van der Waals surface area contributed by atoms with Crippen LogP contribution in [0, 0.1) is 28.5 Å². The number of furan rings is 1. The van der Waals surface area contributed by atoms with E-state index in [1.54, 1.807) is 6.07 Å². The smallest absolute Gasteiger partial charge is 0.146 e. The van der Waals surface area contributed by atoms with Crippen molar-refractivity contribution in [1.82, 2.24) is 4.57 Å². The van der Waals surface area contributed by atoms with Crippen LogP contribution in [0.4, 0.5) is 4.39 Å². The quantitative estimate of drug-likeness (QED) is 0.252. The molecule has 0 radical (unpaired) electrons. The lowest BCUT2D eigenvalue weighted by atomic mass is 9.84. The van der Waals surface area contributed by atoms with Crippen molar-refractivity contribution in [2.75, 3.05) is 0 Å². The molecule has 5 heteroatoms. The highest BCUT2D eigenvalue weighted by atomic mass is 19.1. The number of benzene rings is 4. The Hall–Kier alpha value is -4.61. The van der Waals surface area contributed by atoms with Crippen LogP contribution in [0.25, 0.3) is 49.4 Å². The fourth-order valence-corrected chi connectivity index (χ4v) is 5.09. The van der Waals surface area contributed by atoms with E-state index >= 15 is 4.39 Å². The number of aromatic nitrogens is 1. The first-order valence-electron chi connectivity index (χ1n) is 11.4. The summed E-state index contributed by atoms with van der Waals surface area (Å²) in [5, 5.41) is 24.0. The number of halogens is 1. The fourth-order valence-electron chi connectivity index (χ4n) is 5.09. The van der Waals surface area contributed by atoms with Gasteiger partial charge in [0.15, 0.2) is 0 Å². The van der Waals surface area contributed by atoms with E-state index < -0.39 is 11.2 Å². The van der Waals surface area contributed by atoms with Crippen LogP contribution < -0.4 is 0 Å². The van der Waals surface area contributed by atoms with Gasteiger partial charge in [-0.05, 0) is 41.3 Å². The first kappa shape index (κ1) is 21.0. The molecule has 0 saturated heterocycles. The van der Waals surface area contributed by atoms with Gasteiger partial charge in [0.05, 0.1) is 27.7 Å². The molecule has 35 heavy (non-hydrogen) atoms. The van der Waals surface area contributed by atoms with Crippen molar-refractivity contribution in [2.24, 2.45) is 0 Å². The van der Waals surface area contributed by atoms with E-state index in [0.717, 1.165) is 43.7 Å². The zero-order valence-electron chi connectivity index (χ0n) is 19.5. The largest absolute Gasteiger partial charge is 0.455 e. The molecule has 0 atom stereocenters. The van der Waals surface area contributed by atoms with Gasteiger partial charge in [-0.25, -0.2) is 4.39 Å². The van der Waals surface area contributed by atoms with Crippen LogP contribution in [-0.4, -0.2) is 4.57 Å². The molecule has 0 unspecified atom stereocenters. The summed E-state index contributed by atoms with van der Waals surface area (Å²) in [7, 11) is 0. The second-order valence-corrected chi connectivity index (χ2v) is 9.77. The Morgan fingerprint density at radius 1 is 0.829 bits per heavy atom. The van der Waals surface area contributed by atoms with E-state index in [1.165, 1.54) is 0 Å². The lowest BCUT2D eigenvalue weighted by molar-refractivity contribution is 0.520. The molecule has 2 heterocycles. The SMILES string of the molecule is CC(C)(C)c1cc(C#N)c(-n2c3ccccc3c3c4oc5ccccc5c4ccc32)c(C#N)c1F. The summed E-state index contributed by atoms with van der Waals surface area (Å²) in [5.74, 6) is -0.593. The maximum absolute atomic E-state index is 15.8. The van der Waals surface area contributed by atoms with Gasteiger partial charge in [-0.1, -0.05) is 57.2 Å². The normalized spacial score (nSPS) is 11.9. The van der Waals surface area contributed by atoms with Gasteiger partial charge in [0.2, 0.25) is 0 Å². The third-order valence-corrected chi connectivity index (χ3v) is 6.68. The number of nitrogens with zero attached hydrogens (tertiary/aromatic N) is 3. The van der Waals surface area contributed by atoms with Crippen molar-refractivity contribution in [3.63, 3.8) is 0 Å². The number of rotatable bonds is 1. The molecule has 0 bridgehead atoms. The summed E-state index contributed by atoms with van der Waals surface area (Å²) in [4.78, 5) is 0. The van der Waals surface area contributed by atoms with Crippen LogP contribution in [0.1, 0.15) is 37.5 Å². The highest BCUT2D eigenvalue weighted by Crippen LogP contribution is 2.42. The standard InChI is InChI=1S/C30H20FN3O/c1-30(2,3)22-14-17(15-32)28(21(16-33)27(22)31)34-23-10-6-4-9-20(23)26-24(34)13-12-19-18-8-5-7-11-25(18)35-29(19)26/h4-14H,1-3H3. The van der Waals surface area contributed by atoms with E-state index in [2.05, 4.69) is 12.1 Å². The minimum absolute atomic E-state index is 0.138. The van der Waals surface area contributed by atoms with Crippen LogP contribution in [0.2, 0.25) is 0 Å². The molecule has 4 aromatic carbocycles. The lowest BCUT2D eigenvalue weighted by Gasteiger charge is -2.23. The van der Waals surface area contributed by atoms with E-state index in [9.17, 15) is 10.5 Å². The summed E-state index contributed by atoms with van der Waals surface area (Å²) in [6, 6.07) is 25.4.